The topological polar surface area (TPSA) is 43.4 Å². The highest BCUT2D eigenvalue weighted by Gasteiger charge is 2.11. The maximum atomic E-state index is 5.60. The Morgan fingerprint density at radius 3 is 1.46 bits per heavy atom. The number of nitrogens with zero attached hydrogens (tertiary/aromatic N) is 2. The molecule has 0 aromatic rings. The quantitative estimate of drug-likeness (QED) is 0.352. The van der Waals surface area contributed by atoms with Crippen LogP contribution in [0.3, 0.4) is 0 Å². The average molecular weight is 344 g/mol. The normalized spacial score (nSPS) is 19.8. The van der Waals surface area contributed by atoms with Gasteiger partial charge >= 0.3 is 0 Å². The highest BCUT2D eigenvalue weighted by Crippen LogP contribution is 2.06. The van der Waals surface area contributed by atoms with E-state index in [1.54, 1.807) is 0 Å². The third kappa shape index (κ3) is 9.30. The SMILES string of the molecule is CC(OCCOCCN1CCCC1)OCCOCCN1CCCC1. The fourth-order valence-corrected chi connectivity index (χ4v) is 3.20. The molecule has 0 aromatic heterocycles. The minimum atomic E-state index is -0.200. The Kier molecular flexibility index (Phi) is 10.9. The van der Waals surface area contributed by atoms with Crippen LogP contribution in [-0.2, 0) is 18.9 Å². The third-order valence-electron chi connectivity index (χ3n) is 4.66. The van der Waals surface area contributed by atoms with E-state index in [4.69, 9.17) is 18.9 Å². The first kappa shape index (κ1) is 20.1. The van der Waals surface area contributed by atoms with Gasteiger partial charge in [0.05, 0.1) is 39.6 Å². The molecule has 0 aromatic carbocycles. The van der Waals surface area contributed by atoms with Crippen molar-refractivity contribution in [2.45, 2.75) is 38.9 Å². The minimum Gasteiger partial charge on any atom is -0.378 e. The number of hydrogen-bond donors (Lipinski definition) is 0. The molecule has 142 valence electrons. The molecule has 0 aliphatic carbocycles. The molecule has 0 radical (unpaired) electrons. The van der Waals surface area contributed by atoms with E-state index in [0.29, 0.717) is 26.4 Å². The van der Waals surface area contributed by atoms with E-state index in [1.807, 2.05) is 6.92 Å². The van der Waals surface area contributed by atoms with E-state index in [1.165, 1.54) is 51.9 Å². The molecule has 0 spiro atoms. The van der Waals surface area contributed by atoms with Crippen molar-refractivity contribution in [3.8, 4) is 0 Å². The zero-order valence-electron chi connectivity index (χ0n) is 15.4. The van der Waals surface area contributed by atoms with Crippen molar-refractivity contribution in [2.75, 3.05) is 78.9 Å². The summed E-state index contributed by atoms with van der Waals surface area (Å²) < 4.78 is 22.4. The molecule has 6 nitrogen and oxygen atoms in total. The molecular weight excluding hydrogens is 308 g/mol. The van der Waals surface area contributed by atoms with Crippen molar-refractivity contribution in [2.24, 2.45) is 0 Å². The van der Waals surface area contributed by atoms with E-state index in [9.17, 15) is 0 Å². The maximum absolute atomic E-state index is 5.60. The van der Waals surface area contributed by atoms with Crippen molar-refractivity contribution < 1.29 is 18.9 Å². The van der Waals surface area contributed by atoms with Gasteiger partial charge in [-0.05, 0) is 58.8 Å². The number of likely N-dealkylation sites (tertiary alicyclic amines) is 2. The molecule has 2 rings (SSSR count). The number of hydrogen-bond acceptors (Lipinski definition) is 6. The predicted octanol–water partition coefficient (Wildman–Crippen LogP) is 1.59. The van der Waals surface area contributed by atoms with E-state index in [-0.39, 0.29) is 6.29 Å². The molecule has 0 unspecified atom stereocenters. The zero-order chi connectivity index (χ0) is 16.9. The van der Waals surface area contributed by atoms with Crippen LogP contribution in [-0.4, -0.2) is 95.0 Å². The van der Waals surface area contributed by atoms with Gasteiger partial charge in [0.15, 0.2) is 6.29 Å². The van der Waals surface area contributed by atoms with Crippen molar-refractivity contribution in [3.05, 3.63) is 0 Å². The lowest BCUT2D eigenvalue weighted by atomic mass is 10.4. The summed E-state index contributed by atoms with van der Waals surface area (Å²) in [5, 5.41) is 0. The summed E-state index contributed by atoms with van der Waals surface area (Å²) in [6.07, 6.45) is 5.13. The van der Waals surface area contributed by atoms with E-state index < -0.39 is 0 Å². The summed E-state index contributed by atoms with van der Waals surface area (Å²) in [6, 6.07) is 0. The van der Waals surface area contributed by atoms with Crippen LogP contribution in [0.25, 0.3) is 0 Å². The lowest BCUT2D eigenvalue weighted by Crippen LogP contribution is -2.25. The highest BCUT2D eigenvalue weighted by atomic mass is 16.7. The van der Waals surface area contributed by atoms with Crippen molar-refractivity contribution in [1.82, 2.24) is 9.80 Å². The van der Waals surface area contributed by atoms with Gasteiger partial charge in [-0.2, -0.15) is 0 Å². The van der Waals surface area contributed by atoms with E-state index in [2.05, 4.69) is 9.80 Å². The number of ether oxygens (including phenoxy) is 4. The zero-order valence-corrected chi connectivity index (χ0v) is 15.4. The van der Waals surface area contributed by atoms with Gasteiger partial charge in [-0.25, -0.2) is 0 Å². The predicted molar refractivity (Wildman–Crippen MR) is 94.4 cm³/mol. The van der Waals surface area contributed by atoms with Crippen LogP contribution in [0.4, 0.5) is 0 Å². The summed E-state index contributed by atoms with van der Waals surface area (Å²) in [4.78, 5) is 4.91. The Labute approximate surface area is 147 Å². The molecule has 24 heavy (non-hydrogen) atoms. The van der Waals surface area contributed by atoms with Gasteiger partial charge in [-0.1, -0.05) is 0 Å². The van der Waals surface area contributed by atoms with Crippen LogP contribution in [0.15, 0.2) is 0 Å². The van der Waals surface area contributed by atoms with Crippen LogP contribution < -0.4 is 0 Å². The fourth-order valence-electron chi connectivity index (χ4n) is 3.20. The molecule has 0 N–H and O–H groups in total. The monoisotopic (exact) mass is 344 g/mol. The summed E-state index contributed by atoms with van der Waals surface area (Å²) in [5.74, 6) is 0. The van der Waals surface area contributed by atoms with Crippen LogP contribution in [0.1, 0.15) is 32.6 Å². The molecule has 0 atom stereocenters. The van der Waals surface area contributed by atoms with Crippen molar-refractivity contribution in [3.63, 3.8) is 0 Å². The summed E-state index contributed by atoms with van der Waals surface area (Å²) >= 11 is 0. The first-order valence-corrected chi connectivity index (χ1v) is 9.68. The second kappa shape index (κ2) is 13.0. The second-order valence-corrected chi connectivity index (χ2v) is 6.63. The minimum absolute atomic E-state index is 0.200. The van der Waals surface area contributed by atoms with Crippen LogP contribution in [0, 0.1) is 0 Å². The standard InChI is InChI=1S/C18H36N2O4/c1-18(23-16-14-21-12-10-19-6-2-3-7-19)24-17-15-22-13-11-20-8-4-5-9-20/h18H,2-17H2,1H3. The largest absolute Gasteiger partial charge is 0.378 e. The van der Waals surface area contributed by atoms with Gasteiger partial charge in [-0.3, -0.25) is 0 Å². The van der Waals surface area contributed by atoms with Crippen LogP contribution in [0.5, 0.6) is 0 Å². The molecular formula is C18H36N2O4. The molecule has 0 amide bonds. The smallest absolute Gasteiger partial charge is 0.155 e. The molecule has 2 fully saturated rings. The molecule has 2 aliphatic heterocycles. The Bertz CT molecular complexity index is 267. The van der Waals surface area contributed by atoms with Gasteiger partial charge in [0, 0.05) is 13.1 Å². The second-order valence-electron chi connectivity index (χ2n) is 6.63. The molecule has 6 heteroatoms. The highest BCUT2D eigenvalue weighted by molar-refractivity contribution is 4.65. The Morgan fingerprint density at radius 2 is 1.04 bits per heavy atom. The summed E-state index contributed by atoms with van der Waals surface area (Å²) in [6.45, 7) is 12.9. The molecule has 2 aliphatic rings. The van der Waals surface area contributed by atoms with Gasteiger partial charge in [0.2, 0.25) is 0 Å². The van der Waals surface area contributed by atoms with Gasteiger partial charge in [0.25, 0.3) is 0 Å². The third-order valence-corrected chi connectivity index (χ3v) is 4.66. The summed E-state index contributed by atoms with van der Waals surface area (Å²) in [7, 11) is 0. The Hall–Kier alpha value is -0.240. The first-order valence-electron chi connectivity index (χ1n) is 9.68. The Balaban J connectivity index is 1.29. The molecule has 2 heterocycles. The first-order chi connectivity index (χ1) is 11.8. The lowest BCUT2D eigenvalue weighted by molar-refractivity contribution is -0.147. The van der Waals surface area contributed by atoms with E-state index >= 15 is 0 Å². The number of rotatable bonds is 14. The molecule has 0 bridgehead atoms. The average Bonchev–Trinajstić information content (AvgIpc) is 3.27. The van der Waals surface area contributed by atoms with Crippen LogP contribution in [0.2, 0.25) is 0 Å². The summed E-state index contributed by atoms with van der Waals surface area (Å²) in [5.41, 5.74) is 0. The lowest BCUT2D eigenvalue weighted by Gasteiger charge is -2.17. The Morgan fingerprint density at radius 1 is 0.625 bits per heavy atom. The van der Waals surface area contributed by atoms with Gasteiger partial charge in [0.1, 0.15) is 0 Å². The molecule has 0 saturated carbocycles. The van der Waals surface area contributed by atoms with Crippen molar-refractivity contribution >= 4 is 0 Å². The maximum Gasteiger partial charge on any atom is 0.155 e. The fraction of sp³-hybridized carbons (Fsp3) is 1.00. The van der Waals surface area contributed by atoms with Gasteiger partial charge in [-0.15, -0.1) is 0 Å². The van der Waals surface area contributed by atoms with Gasteiger partial charge < -0.3 is 28.7 Å². The molecule has 2 saturated heterocycles. The van der Waals surface area contributed by atoms with Crippen LogP contribution >= 0.6 is 0 Å². The van der Waals surface area contributed by atoms with Crippen molar-refractivity contribution in [1.29, 1.82) is 0 Å². The van der Waals surface area contributed by atoms with E-state index in [0.717, 1.165) is 26.3 Å².